The maximum Gasteiger partial charge on any atom is 0.356 e. The lowest BCUT2D eigenvalue weighted by Gasteiger charge is -2.07. The zero-order valence-corrected chi connectivity index (χ0v) is 14.8. The Morgan fingerprint density at radius 3 is 2.74 bits per heavy atom. The molecule has 0 spiro atoms. The molecule has 0 saturated heterocycles. The highest BCUT2D eigenvalue weighted by atomic mass is 16.5. The second-order valence-electron chi connectivity index (χ2n) is 5.51. The van der Waals surface area contributed by atoms with Crippen LogP contribution in [0.25, 0.3) is 5.52 Å². The highest BCUT2D eigenvalue weighted by Gasteiger charge is 2.21. The first-order chi connectivity index (χ1) is 13.0. The molecule has 0 bridgehead atoms. The molecule has 0 aromatic carbocycles. The average Bonchev–Trinajstić information content (AvgIpc) is 3.05. The van der Waals surface area contributed by atoms with Crippen LogP contribution in [0.3, 0.4) is 0 Å². The Labute approximate surface area is 154 Å². The Kier molecular flexibility index (Phi) is 5.16. The third-order valence-electron chi connectivity index (χ3n) is 3.83. The zero-order chi connectivity index (χ0) is 19.4. The van der Waals surface area contributed by atoms with Gasteiger partial charge in [0.2, 0.25) is 0 Å². The normalized spacial score (nSPS) is 10.4. The van der Waals surface area contributed by atoms with Gasteiger partial charge in [-0.15, -0.1) is 0 Å². The number of pyridine rings is 2. The number of nitrogens with zero attached hydrogens (tertiary/aromatic N) is 2. The molecular weight excluding hydrogens is 350 g/mol. The molecule has 0 aliphatic rings. The second-order valence-corrected chi connectivity index (χ2v) is 5.51. The van der Waals surface area contributed by atoms with Crippen molar-refractivity contribution in [2.75, 3.05) is 19.0 Å². The van der Waals surface area contributed by atoms with E-state index in [1.54, 1.807) is 41.9 Å². The van der Waals surface area contributed by atoms with E-state index in [9.17, 15) is 14.4 Å². The summed E-state index contributed by atoms with van der Waals surface area (Å²) in [6.45, 7) is 1.92. The van der Waals surface area contributed by atoms with Crippen LogP contribution in [0.5, 0.6) is 0 Å². The van der Waals surface area contributed by atoms with E-state index in [1.807, 2.05) is 0 Å². The number of fused-ring (bicyclic) bond motifs is 1. The van der Waals surface area contributed by atoms with Crippen LogP contribution in [0.1, 0.15) is 38.1 Å². The number of carbonyl (C=O) groups excluding carboxylic acids is 3. The van der Waals surface area contributed by atoms with Crippen LogP contribution in [0.15, 0.2) is 48.9 Å². The number of aromatic nitrogens is 2. The van der Waals surface area contributed by atoms with Crippen LogP contribution in [-0.2, 0) is 9.47 Å². The lowest BCUT2D eigenvalue weighted by atomic mass is 10.2. The van der Waals surface area contributed by atoms with Crippen molar-refractivity contribution in [3.8, 4) is 0 Å². The highest BCUT2D eigenvalue weighted by Crippen LogP contribution is 2.25. The van der Waals surface area contributed by atoms with Crippen molar-refractivity contribution in [1.82, 2.24) is 9.38 Å². The van der Waals surface area contributed by atoms with Crippen molar-refractivity contribution in [3.63, 3.8) is 0 Å². The monoisotopic (exact) mass is 367 g/mol. The SMILES string of the molecule is CCOC(=O)c1c(NC(=O)c2ccnc(C(=O)OC)c2)cn2ccccc12. The summed E-state index contributed by atoms with van der Waals surface area (Å²) in [7, 11) is 1.23. The van der Waals surface area contributed by atoms with Gasteiger partial charge < -0.3 is 19.2 Å². The maximum atomic E-state index is 12.6. The van der Waals surface area contributed by atoms with E-state index in [0.29, 0.717) is 11.2 Å². The van der Waals surface area contributed by atoms with Gasteiger partial charge in [-0.2, -0.15) is 0 Å². The van der Waals surface area contributed by atoms with Crippen LogP contribution in [0, 0.1) is 0 Å². The summed E-state index contributed by atoms with van der Waals surface area (Å²) in [5.74, 6) is -1.68. The van der Waals surface area contributed by atoms with Crippen molar-refractivity contribution in [3.05, 3.63) is 65.7 Å². The summed E-state index contributed by atoms with van der Waals surface area (Å²) in [5.41, 5.74) is 1.39. The molecule has 0 atom stereocenters. The molecule has 1 N–H and O–H groups in total. The summed E-state index contributed by atoms with van der Waals surface area (Å²) in [6, 6.07) is 8.13. The lowest BCUT2D eigenvalue weighted by molar-refractivity contribution is 0.0528. The van der Waals surface area contributed by atoms with E-state index in [-0.39, 0.29) is 23.4 Å². The summed E-state index contributed by atoms with van der Waals surface area (Å²) in [5, 5.41) is 2.70. The van der Waals surface area contributed by atoms with Gasteiger partial charge in [0.25, 0.3) is 5.91 Å². The molecule has 3 aromatic heterocycles. The van der Waals surface area contributed by atoms with Crippen LogP contribution in [0.4, 0.5) is 5.69 Å². The number of hydrogen-bond donors (Lipinski definition) is 1. The third kappa shape index (κ3) is 3.64. The van der Waals surface area contributed by atoms with Crippen LogP contribution in [0.2, 0.25) is 0 Å². The summed E-state index contributed by atoms with van der Waals surface area (Å²) in [6.07, 6.45) is 4.72. The Hall–Kier alpha value is -3.68. The molecule has 27 heavy (non-hydrogen) atoms. The largest absolute Gasteiger partial charge is 0.464 e. The van der Waals surface area contributed by atoms with Crippen LogP contribution < -0.4 is 5.32 Å². The molecule has 3 rings (SSSR count). The minimum absolute atomic E-state index is 0.0119. The summed E-state index contributed by atoms with van der Waals surface area (Å²) >= 11 is 0. The summed E-state index contributed by atoms with van der Waals surface area (Å²) < 4.78 is 11.4. The third-order valence-corrected chi connectivity index (χ3v) is 3.83. The van der Waals surface area contributed by atoms with Gasteiger partial charge in [-0.05, 0) is 31.2 Å². The number of ether oxygens (including phenoxy) is 2. The van der Waals surface area contributed by atoms with Gasteiger partial charge in [0.1, 0.15) is 11.3 Å². The number of carbonyl (C=O) groups is 3. The predicted molar refractivity (Wildman–Crippen MR) is 96.9 cm³/mol. The molecule has 138 valence electrons. The predicted octanol–water partition coefficient (Wildman–Crippen LogP) is 2.55. The van der Waals surface area contributed by atoms with E-state index < -0.39 is 17.8 Å². The fourth-order valence-electron chi connectivity index (χ4n) is 2.62. The lowest BCUT2D eigenvalue weighted by Crippen LogP contribution is -2.16. The first-order valence-electron chi connectivity index (χ1n) is 8.17. The highest BCUT2D eigenvalue weighted by molar-refractivity contribution is 6.11. The fraction of sp³-hybridized carbons (Fsp3) is 0.158. The Morgan fingerprint density at radius 2 is 2.00 bits per heavy atom. The smallest absolute Gasteiger partial charge is 0.356 e. The number of rotatable bonds is 5. The van der Waals surface area contributed by atoms with Gasteiger partial charge in [-0.1, -0.05) is 6.07 Å². The standard InChI is InChI=1S/C19H17N3O5/c1-3-27-19(25)16-14(11-22-9-5-4-6-15(16)22)21-17(23)12-7-8-20-13(10-12)18(24)26-2/h4-11H,3H2,1-2H3,(H,21,23). The maximum absolute atomic E-state index is 12.6. The molecule has 3 heterocycles. The van der Waals surface area contributed by atoms with E-state index in [2.05, 4.69) is 15.0 Å². The number of methoxy groups -OCH3 is 1. The number of hydrogen-bond acceptors (Lipinski definition) is 6. The van der Waals surface area contributed by atoms with Crippen molar-refractivity contribution < 1.29 is 23.9 Å². The first-order valence-corrected chi connectivity index (χ1v) is 8.17. The van der Waals surface area contributed by atoms with Gasteiger partial charge in [-0.3, -0.25) is 4.79 Å². The Morgan fingerprint density at radius 1 is 1.19 bits per heavy atom. The van der Waals surface area contributed by atoms with Gasteiger partial charge in [0, 0.05) is 24.2 Å². The molecular formula is C19H17N3O5. The molecule has 0 unspecified atom stereocenters. The van der Waals surface area contributed by atoms with E-state index in [1.165, 1.54) is 25.4 Å². The number of anilines is 1. The Bertz CT molecular complexity index is 1030. The fourth-order valence-corrected chi connectivity index (χ4v) is 2.62. The molecule has 0 saturated carbocycles. The van der Waals surface area contributed by atoms with Crippen molar-refractivity contribution in [2.45, 2.75) is 6.92 Å². The van der Waals surface area contributed by atoms with Gasteiger partial charge >= 0.3 is 11.9 Å². The summed E-state index contributed by atoms with van der Waals surface area (Å²) in [4.78, 5) is 40.5. The number of esters is 2. The minimum atomic E-state index is -0.647. The van der Waals surface area contributed by atoms with Crippen LogP contribution >= 0.6 is 0 Å². The molecule has 0 aliphatic carbocycles. The quantitative estimate of drug-likeness (QED) is 0.696. The molecule has 0 radical (unpaired) electrons. The minimum Gasteiger partial charge on any atom is -0.464 e. The molecule has 3 aromatic rings. The van der Waals surface area contributed by atoms with E-state index in [0.717, 1.165) is 0 Å². The number of nitrogens with one attached hydrogen (secondary N) is 1. The number of amides is 1. The molecule has 1 amide bonds. The van der Waals surface area contributed by atoms with Crippen molar-refractivity contribution in [2.24, 2.45) is 0 Å². The van der Waals surface area contributed by atoms with Gasteiger partial charge in [-0.25, -0.2) is 14.6 Å². The first kappa shape index (κ1) is 18.1. The molecule has 8 nitrogen and oxygen atoms in total. The van der Waals surface area contributed by atoms with Crippen molar-refractivity contribution in [1.29, 1.82) is 0 Å². The molecule has 8 heteroatoms. The zero-order valence-electron chi connectivity index (χ0n) is 14.8. The van der Waals surface area contributed by atoms with Gasteiger partial charge in [0.15, 0.2) is 0 Å². The van der Waals surface area contributed by atoms with E-state index in [4.69, 9.17) is 4.74 Å². The van der Waals surface area contributed by atoms with E-state index >= 15 is 0 Å². The molecule has 0 aliphatic heterocycles. The molecule has 0 fully saturated rings. The topological polar surface area (TPSA) is 99.0 Å². The van der Waals surface area contributed by atoms with Crippen LogP contribution in [-0.4, -0.2) is 40.9 Å². The Balaban J connectivity index is 1.97. The van der Waals surface area contributed by atoms with Gasteiger partial charge in [0.05, 0.1) is 24.9 Å². The average molecular weight is 367 g/mol. The second kappa shape index (κ2) is 7.69. The van der Waals surface area contributed by atoms with Crippen molar-refractivity contribution >= 4 is 29.0 Å².